The number of nitriles is 1. The van der Waals surface area contributed by atoms with Gasteiger partial charge in [0, 0.05) is 17.6 Å². The molecule has 1 heterocycles. The molecule has 1 aromatic carbocycles. The van der Waals surface area contributed by atoms with Crippen molar-refractivity contribution in [3.63, 3.8) is 0 Å². The highest BCUT2D eigenvalue weighted by atomic mass is 35.5. The second-order valence-electron chi connectivity index (χ2n) is 5.00. The molecule has 2 aromatic rings. The molecule has 0 aliphatic heterocycles. The second kappa shape index (κ2) is 8.16. The molecule has 5 nitrogen and oxygen atoms in total. The molecule has 0 aliphatic rings. The van der Waals surface area contributed by atoms with Gasteiger partial charge >= 0.3 is 0 Å². The van der Waals surface area contributed by atoms with Gasteiger partial charge in [-0.05, 0) is 18.6 Å². The molecule has 0 spiro atoms. The molecule has 0 radical (unpaired) electrons. The number of hydrogen-bond acceptors (Lipinski definition) is 3. The normalized spacial score (nSPS) is 12.5. The summed E-state index contributed by atoms with van der Waals surface area (Å²) < 4.78 is 1.67. The van der Waals surface area contributed by atoms with Crippen LogP contribution in [-0.4, -0.2) is 21.6 Å². The van der Waals surface area contributed by atoms with Gasteiger partial charge in [0.15, 0.2) is 0 Å². The number of rotatable bonds is 6. The number of amides is 1. The van der Waals surface area contributed by atoms with Crippen LogP contribution < -0.4 is 5.32 Å². The lowest BCUT2D eigenvalue weighted by atomic mass is 10.1. The van der Waals surface area contributed by atoms with E-state index in [-0.39, 0.29) is 11.6 Å². The Bertz CT molecular complexity index is 731. The number of alkyl halides is 1. The average molecular weight is 329 g/mol. The van der Waals surface area contributed by atoms with E-state index in [1.807, 2.05) is 43.3 Å². The van der Waals surface area contributed by atoms with Crippen LogP contribution in [0.15, 0.2) is 48.3 Å². The number of hydrogen-bond donors (Lipinski definition) is 1. The van der Waals surface area contributed by atoms with Gasteiger partial charge in [-0.15, -0.1) is 11.6 Å². The Morgan fingerprint density at radius 1 is 1.48 bits per heavy atom. The molecule has 118 valence electrons. The molecule has 1 atom stereocenters. The standard InChI is InChI=1S/C17H17ClN4O/c1-13(15-5-3-2-4-6-15)21-17(23)16(10-19)9-14-11-20-22(12-14)8-7-18/h2-6,9,11-13H,7-8H2,1H3,(H,21,23)/b16-9+/t13-/m0/s1. The van der Waals surface area contributed by atoms with E-state index in [0.717, 1.165) is 5.56 Å². The summed E-state index contributed by atoms with van der Waals surface area (Å²) in [4.78, 5) is 12.2. The summed E-state index contributed by atoms with van der Waals surface area (Å²) in [6, 6.07) is 11.3. The first kappa shape index (κ1) is 16.8. The van der Waals surface area contributed by atoms with Crippen LogP contribution in [0.5, 0.6) is 0 Å². The summed E-state index contributed by atoms with van der Waals surface area (Å²) in [6.07, 6.45) is 4.86. The van der Waals surface area contributed by atoms with E-state index in [1.165, 1.54) is 6.08 Å². The van der Waals surface area contributed by atoms with Crippen molar-refractivity contribution < 1.29 is 4.79 Å². The van der Waals surface area contributed by atoms with Crippen molar-refractivity contribution in [3.05, 3.63) is 59.4 Å². The predicted octanol–water partition coefficient (Wildman–Crippen LogP) is 2.91. The molecule has 0 fully saturated rings. The number of aryl methyl sites for hydroxylation is 1. The largest absolute Gasteiger partial charge is 0.345 e. The molecule has 0 aliphatic carbocycles. The summed E-state index contributed by atoms with van der Waals surface area (Å²) >= 11 is 5.65. The maximum Gasteiger partial charge on any atom is 0.262 e. The first-order valence-corrected chi connectivity index (χ1v) is 7.73. The third-order valence-corrected chi connectivity index (χ3v) is 3.46. The van der Waals surface area contributed by atoms with Crippen molar-refractivity contribution in [2.24, 2.45) is 0 Å². The predicted molar refractivity (Wildman–Crippen MR) is 89.5 cm³/mol. The van der Waals surface area contributed by atoms with Gasteiger partial charge in [0.2, 0.25) is 0 Å². The zero-order valence-electron chi connectivity index (χ0n) is 12.7. The van der Waals surface area contributed by atoms with Crippen molar-refractivity contribution in [2.45, 2.75) is 19.5 Å². The summed E-state index contributed by atoms with van der Waals surface area (Å²) in [6.45, 7) is 2.45. The van der Waals surface area contributed by atoms with Crippen molar-refractivity contribution in [3.8, 4) is 6.07 Å². The van der Waals surface area contributed by atoms with E-state index in [9.17, 15) is 10.1 Å². The summed E-state index contributed by atoms with van der Waals surface area (Å²) in [5.41, 5.74) is 1.71. The Labute approximate surface area is 140 Å². The first-order valence-electron chi connectivity index (χ1n) is 7.20. The van der Waals surface area contributed by atoms with Crippen LogP contribution in [0.1, 0.15) is 24.1 Å². The molecule has 6 heteroatoms. The van der Waals surface area contributed by atoms with Crippen LogP contribution in [0.2, 0.25) is 0 Å². The number of benzene rings is 1. The smallest absolute Gasteiger partial charge is 0.262 e. The number of halogens is 1. The van der Waals surface area contributed by atoms with Gasteiger partial charge in [-0.2, -0.15) is 10.4 Å². The number of nitrogens with one attached hydrogen (secondary N) is 1. The molecule has 0 saturated carbocycles. The fourth-order valence-electron chi connectivity index (χ4n) is 2.08. The topological polar surface area (TPSA) is 70.7 Å². The van der Waals surface area contributed by atoms with Gasteiger partial charge < -0.3 is 5.32 Å². The average Bonchev–Trinajstić information content (AvgIpc) is 3.01. The summed E-state index contributed by atoms with van der Waals surface area (Å²) in [5, 5.41) is 16.2. The highest BCUT2D eigenvalue weighted by Gasteiger charge is 2.14. The molecule has 1 N–H and O–H groups in total. The zero-order chi connectivity index (χ0) is 16.7. The highest BCUT2D eigenvalue weighted by Crippen LogP contribution is 2.13. The molecule has 1 amide bonds. The third-order valence-electron chi connectivity index (χ3n) is 3.29. The van der Waals surface area contributed by atoms with E-state index in [4.69, 9.17) is 11.6 Å². The third kappa shape index (κ3) is 4.70. The molecule has 0 unspecified atom stereocenters. The summed E-state index contributed by atoms with van der Waals surface area (Å²) in [7, 11) is 0. The molecule has 23 heavy (non-hydrogen) atoms. The SMILES string of the molecule is C[C@H](NC(=O)/C(C#N)=C/c1cnn(CCCl)c1)c1ccccc1. The molecule has 0 saturated heterocycles. The lowest BCUT2D eigenvalue weighted by Crippen LogP contribution is -2.27. The maximum absolute atomic E-state index is 12.2. The van der Waals surface area contributed by atoms with Crippen LogP contribution in [0.3, 0.4) is 0 Å². The number of carbonyl (C=O) groups is 1. The Balaban J connectivity index is 2.09. The molecule has 1 aromatic heterocycles. The number of carbonyl (C=O) groups excluding carboxylic acids is 1. The number of aromatic nitrogens is 2. The fourth-order valence-corrected chi connectivity index (χ4v) is 2.25. The van der Waals surface area contributed by atoms with E-state index >= 15 is 0 Å². The lowest BCUT2D eigenvalue weighted by molar-refractivity contribution is -0.117. The molecule has 0 bridgehead atoms. The van der Waals surface area contributed by atoms with Crippen molar-refractivity contribution >= 4 is 23.6 Å². The lowest BCUT2D eigenvalue weighted by Gasteiger charge is -2.13. The molecular weight excluding hydrogens is 312 g/mol. The van der Waals surface area contributed by atoms with Crippen LogP contribution in [0, 0.1) is 11.3 Å². The van der Waals surface area contributed by atoms with Crippen molar-refractivity contribution in [2.75, 3.05) is 5.88 Å². The fraction of sp³-hybridized carbons (Fsp3) is 0.235. The van der Waals surface area contributed by atoms with Crippen LogP contribution in [0.4, 0.5) is 0 Å². The minimum atomic E-state index is -0.408. The van der Waals surface area contributed by atoms with Gasteiger partial charge in [0.25, 0.3) is 5.91 Å². The van der Waals surface area contributed by atoms with Gasteiger partial charge in [-0.3, -0.25) is 9.48 Å². The zero-order valence-corrected chi connectivity index (χ0v) is 13.5. The van der Waals surface area contributed by atoms with Gasteiger partial charge in [0.05, 0.1) is 18.8 Å². The minimum absolute atomic E-state index is 0.0400. The summed E-state index contributed by atoms with van der Waals surface area (Å²) in [5.74, 6) is 0.0410. The van der Waals surface area contributed by atoms with E-state index in [1.54, 1.807) is 17.1 Å². The molecular formula is C17H17ClN4O. The van der Waals surface area contributed by atoms with E-state index in [2.05, 4.69) is 10.4 Å². The highest BCUT2D eigenvalue weighted by molar-refractivity contribution is 6.17. The monoisotopic (exact) mass is 328 g/mol. The van der Waals surface area contributed by atoms with Gasteiger partial charge in [0.1, 0.15) is 11.6 Å². The van der Waals surface area contributed by atoms with Crippen molar-refractivity contribution in [1.82, 2.24) is 15.1 Å². The first-order chi connectivity index (χ1) is 11.1. The quantitative estimate of drug-likeness (QED) is 0.503. The Hall–Kier alpha value is -2.58. The van der Waals surface area contributed by atoms with Gasteiger partial charge in [-0.25, -0.2) is 0 Å². The maximum atomic E-state index is 12.2. The Morgan fingerprint density at radius 2 is 2.22 bits per heavy atom. The van der Waals surface area contributed by atoms with Crippen molar-refractivity contribution in [1.29, 1.82) is 5.26 Å². The van der Waals surface area contributed by atoms with Crippen LogP contribution in [0.25, 0.3) is 6.08 Å². The second-order valence-corrected chi connectivity index (χ2v) is 5.38. The van der Waals surface area contributed by atoms with Gasteiger partial charge in [-0.1, -0.05) is 30.3 Å². The molecule has 2 rings (SSSR count). The van der Waals surface area contributed by atoms with Crippen LogP contribution >= 0.6 is 11.6 Å². The van der Waals surface area contributed by atoms with E-state index in [0.29, 0.717) is 18.0 Å². The number of nitrogens with zero attached hydrogens (tertiary/aromatic N) is 3. The van der Waals surface area contributed by atoms with E-state index < -0.39 is 5.91 Å². The van der Waals surface area contributed by atoms with Crippen LogP contribution in [-0.2, 0) is 11.3 Å². The minimum Gasteiger partial charge on any atom is -0.345 e. The Morgan fingerprint density at radius 3 is 2.87 bits per heavy atom. The Kier molecular flexibility index (Phi) is 5.95.